The highest BCUT2D eigenvalue weighted by Gasteiger charge is 2.34. The van der Waals surface area contributed by atoms with Gasteiger partial charge in [0.1, 0.15) is 4.53 Å². The van der Waals surface area contributed by atoms with Crippen LogP contribution in [0.2, 0.25) is 0 Å². The normalized spacial score (nSPS) is 15.0. The fourth-order valence-corrected chi connectivity index (χ4v) is 5.66. The lowest BCUT2D eigenvalue weighted by atomic mass is 9.87. The minimum atomic E-state index is -0.319. The Morgan fingerprint density at radius 2 is 1.59 bits per heavy atom. The first-order valence-corrected chi connectivity index (χ1v) is 13.0. The fourth-order valence-electron chi connectivity index (χ4n) is 4.66. The number of hydrogen-bond donors (Lipinski definition) is 0. The number of aromatic nitrogens is 3. The molecule has 1 amide bonds. The number of hydrogen-bond acceptors (Lipinski definition) is 5. The smallest absolute Gasteiger partial charge is 0.291 e. The monoisotopic (exact) mass is 506 g/mol. The number of thiazole rings is 1. The molecule has 6 rings (SSSR count). The number of anilines is 1. The number of fused-ring (bicyclic) bond motifs is 2. The van der Waals surface area contributed by atoms with Crippen molar-refractivity contribution in [3.8, 4) is 11.4 Å². The Morgan fingerprint density at radius 1 is 0.892 bits per heavy atom. The highest BCUT2D eigenvalue weighted by molar-refractivity contribution is 7.15. The maximum Gasteiger partial charge on any atom is 0.291 e. The summed E-state index contributed by atoms with van der Waals surface area (Å²) in [5.41, 5.74) is 5.98. The summed E-state index contributed by atoms with van der Waals surface area (Å²) in [7, 11) is 0. The van der Waals surface area contributed by atoms with Gasteiger partial charge in [-0.25, -0.2) is 0 Å². The third-order valence-electron chi connectivity index (χ3n) is 6.78. The summed E-state index contributed by atoms with van der Waals surface area (Å²) in [6, 6.07) is 23.9. The number of carbonyl (C=O) groups excluding carboxylic acids is 1. The number of benzene rings is 3. The van der Waals surface area contributed by atoms with Gasteiger partial charge in [0.15, 0.2) is 5.82 Å². The molecule has 0 unspecified atom stereocenters. The van der Waals surface area contributed by atoms with Crippen LogP contribution in [0, 0.1) is 6.92 Å². The van der Waals surface area contributed by atoms with Crippen molar-refractivity contribution in [1.82, 2.24) is 14.6 Å². The zero-order valence-corrected chi connectivity index (χ0v) is 22.0. The standard InChI is InChI=1S/C30H26N4O2S/c1-18-9-11-19(12-10-18)17-33-23-8-6-5-7-22(23)24(27(33)35)25-28(36)34-29(37-25)31-26(32-34)20-13-15-21(16-14-20)30(2,3)4/h5-16H,17H2,1-4H3. The molecule has 0 N–H and O–H groups in total. The van der Waals surface area contributed by atoms with Crippen molar-refractivity contribution >= 4 is 33.5 Å². The number of para-hydroxylation sites is 1. The Morgan fingerprint density at radius 3 is 2.27 bits per heavy atom. The third-order valence-corrected chi connectivity index (χ3v) is 7.81. The molecule has 0 aliphatic carbocycles. The molecule has 37 heavy (non-hydrogen) atoms. The second kappa shape index (κ2) is 8.49. The van der Waals surface area contributed by atoms with E-state index in [1.165, 1.54) is 27.0 Å². The summed E-state index contributed by atoms with van der Waals surface area (Å²) < 4.78 is 1.69. The van der Waals surface area contributed by atoms with E-state index >= 15 is 0 Å². The maximum atomic E-state index is 13.7. The molecule has 0 radical (unpaired) electrons. The minimum absolute atomic E-state index is 0.0479. The molecular formula is C30H26N4O2S. The summed E-state index contributed by atoms with van der Waals surface area (Å²) in [6.07, 6.45) is 0. The van der Waals surface area contributed by atoms with Gasteiger partial charge >= 0.3 is 0 Å². The number of amides is 1. The van der Waals surface area contributed by atoms with Crippen molar-refractivity contribution < 1.29 is 4.79 Å². The molecule has 0 saturated heterocycles. The highest BCUT2D eigenvalue weighted by atomic mass is 32.1. The molecule has 0 bridgehead atoms. The van der Waals surface area contributed by atoms with Gasteiger partial charge < -0.3 is 4.90 Å². The Labute approximate surface area is 218 Å². The average Bonchev–Trinajstić information content (AvgIpc) is 3.51. The van der Waals surface area contributed by atoms with Crippen LogP contribution in [-0.4, -0.2) is 20.5 Å². The van der Waals surface area contributed by atoms with Gasteiger partial charge in [-0.2, -0.15) is 9.50 Å². The molecule has 1 aliphatic rings. The van der Waals surface area contributed by atoms with Gasteiger partial charge in [0.2, 0.25) is 4.96 Å². The molecule has 2 aromatic heterocycles. The fraction of sp³-hybridized carbons (Fsp3) is 0.200. The molecule has 0 spiro atoms. The minimum Gasteiger partial charge on any atom is -0.303 e. The van der Waals surface area contributed by atoms with E-state index in [9.17, 15) is 9.59 Å². The van der Waals surface area contributed by atoms with Crippen LogP contribution >= 0.6 is 11.3 Å². The lowest BCUT2D eigenvalue weighted by Gasteiger charge is -2.18. The summed E-state index contributed by atoms with van der Waals surface area (Å²) >= 11 is 1.21. The number of rotatable bonds is 3. The van der Waals surface area contributed by atoms with Gasteiger partial charge in [-0.3, -0.25) is 9.59 Å². The van der Waals surface area contributed by atoms with Crippen LogP contribution < -0.4 is 15.0 Å². The first-order chi connectivity index (χ1) is 17.7. The van der Waals surface area contributed by atoms with Crippen LogP contribution in [0.15, 0.2) is 77.6 Å². The van der Waals surface area contributed by atoms with Crippen LogP contribution in [0.1, 0.15) is 43.0 Å². The van der Waals surface area contributed by atoms with E-state index in [2.05, 4.69) is 43.0 Å². The second-order valence-electron chi connectivity index (χ2n) is 10.5. The summed E-state index contributed by atoms with van der Waals surface area (Å²) in [4.78, 5) is 34.0. The lowest BCUT2D eigenvalue weighted by molar-refractivity contribution is -0.113. The van der Waals surface area contributed by atoms with E-state index in [1.54, 1.807) is 4.90 Å². The molecular weight excluding hydrogens is 480 g/mol. The first-order valence-electron chi connectivity index (χ1n) is 12.2. The van der Waals surface area contributed by atoms with Crippen molar-refractivity contribution in [3.63, 3.8) is 0 Å². The quantitative estimate of drug-likeness (QED) is 0.350. The van der Waals surface area contributed by atoms with E-state index in [0.29, 0.717) is 27.4 Å². The van der Waals surface area contributed by atoms with Crippen molar-refractivity contribution in [3.05, 3.63) is 110 Å². The lowest BCUT2D eigenvalue weighted by Crippen LogP contribution is -2.32. The van der Waals surface area contributed by atoms with E-state index in [4.69, 9.17) is 0 Å². The second-order valence-corrected chi connectivity index (χ2v) is 11.4. The van der Waals surface area contributed by atoms with Crippen LogP contribution in [-0.2, 0) is 16.8 Å². The average molecular weight is 507 g/mol. The largest absolute Gasteiger partial charge is 0.303 e. The predicted octanol–water partition coefficient (Wildman–Crippen LogP) is 4.89. The van der Waals surface area contributed by atoms with Gasteiger partial charge in [0.25, 0.3) is 11.5 Å². The Bertz CT molecular complexity index is 1770. The van der Waals surface area contributed by atoms with Crippen molar-refractivity contribution in [2.24, 2.45) is 0 Å². The van der Waals surface area contributed by atoms with Gasteiger partial charge in [-0.1, -0.05) is 104 Å². The first kappa shape index (κ1) is 23.3. The van der Waals surface area contributed by atoms with Crippen molar-refractivity contribution in [2.45, 2.75) is 39.7 Å². The SMILES string of the molecule is Cc1ccc(CN2C(=O)C(=c3sc4nc(-c5ccc(C(C)(C)C)cc5)nn4c3=O)c3ccccc32)cc1. The van der Waals surface area contributed by atoms with Crippen LogP contribution in [0.5, 0.6) is 0 Å². The zero-order chi connectivity index (χ0) is 25.9. The number of aryl methyl sites for hydroxylation is 1. The highest BCUT2D eigenvalue weighted by Crippen LogP contribution is 2.36. The summed E-state index contributed by atoms with van der Waals surface area (Å²) in [5.74, 6) is 0.320. The molecule has 184 valence electrons. The topological polar surface area (TPSA) is 67.6 Å². The Kier molecular flexibility index (Phi) is 5.35. The number of carbonyl (C=O) groups is 1. The van der Waals surface area contributed by atoms with E-state index in [0.717, 1.165) is 22.4 Å². The predicted molar refractivity (Wildman–Crippen MR) is 148 cm³/mol. The summed E-state index contributed by atoms with van der Waals surface area (Å²) in [6.45, 7) is 8.97. The molecule has 3 aromatic carbocycles. The van der Waals surface area contributed by atoms with E-state index < -0.39 is 0 Å². The zero-order valence-electron chi connectivity index (χ0n) is 21.1. The van der Waals surface area contributed by atoms with Gasteiger partial charge in [0.05, 0.1) is 17.8 Å². The van der Waals surface area contributed by atoms with Gasteiger partial charge in [-0.05, 0) is 29.5 Å². The van der Waals surface area contributed by atoms with Crippen LogP contribution in [0.4, 0.5) is 5.69 Å². The van der Waals surface area contributed by atoms with E-state index in [1.807, 2.05) is 67.6 Å². The van der Waals surface area contributed by atoms with Gasteiger partial charge in [-0.15, -0.1) is 5.10 Å². The van der Waals surface area contributed by atoms with Crippen molar-refractivity contribution in [2.75, 3.05) is 4.90 Å². The van der Waals surface area contributed by atoms with E-state index in [-0.39, 0.29) is 16.9 Å². The number of nitrogens with zero attached hydrogens (tertiary/aromatic N) is 4. The molecule has 0 fully saturated rings. The maximum absolute atomic E-state index is 13.7. The molecule has 6 nitrogen and oxygen atoms in total. The molecule has 0 saturated carbocycles. The summed E-state index contributed by atoms with van der Waals surface area (Å²) in [5, 5.41) is 4.51. The van der Waals surface area contributed by atoms with Crippen LogP contribution in [0.3, 0.4) is 0 Å². The molecule has 5 aromatic rings. The Balaban J connectivity index is 1.43. The Hall–Kier alpha value is -4.10. The van der Waals surface area contributed by atoms with Crippen molar-refractivity contribution in [1.29, 1.82) is 0 Å². The third kappa shape index (κ3) is 3.96. The van der Waals surface area contributed by atoms with Crippen LogP contribution in [0.25, 0.3) is 21.9 Å². The molecule has 1 aliphatic heterocycles. The molecule has 7 heteroatoms. The van der Waals surface area contributed by atoms with Gasteiger partial charge in [0, 0.05) is 11.1 Å². The molecule has 0 atom stereocenters. The molecule has 3 heterocycles.